The van der Waals surface area contributed by atoms with Crippen molar-refractivity contribution in [2.24, 2.45) is 0 Å². The van der Waals surface area contributed by atoms with Crippen molar-refractivity contribution in [2.45, 2.75) is 13.0 Å². The largest absolute Gasteiger partial charge is 0.486 e. The van der Waals surface area contributed by atoms with E-state index in [0.717, 1.165) is 42.7 Å². The first kappa shape index (κ1) is 18.7. The van der Waals surface area contributed by atoms with E-state index >= 15 is 0 Å². The molecule has 28 heavy (non-hydrogen) atoms. The normalized spacial score (nSPS) is 13.1. The molecule has 1 aromatic carbocycles. The van der Waals surface area contributed by atoms with Crippen LogP contribution in [0, 0.1) is 0 Å². The Morgan fingerprint density at radius 2 is 2.00 bits per heavy atom. The third kappa shape index (κ3) is 4.42. The van der Waals surface area contributed by atoms with Gasteiger partial charge in [0, 0.05) is 44.1 Å². The highest BCUT2D eigenvalue weighted by Crippen LogP contribution is 2.31. The van der Waals surface area contributed by atoms with Crippen LogP contribution in [0.1, 0.15) is 12.0 Å². The van der Waals surface area contributed by atoms with Gasteiger partial charge < -0.3 is 19.3 Å². The predicted molar refractivity (Wildman–Crippen MR) is 109 cm³/mol. The number of hydrogen-bond acceptors (Lipinski definition) is 8. The fourth-order valence-electron chi connectivity index (χ4n) is 3.10. The van der Waals surface area contributed by atoms with Crippen LogP contribution in [0.4, 0.5) is 5.13 Å². The Labute approximate surface area is 168 Å². The summed E-state index contributed by atoms with van der Waals surface area (Å²) in [5.74, 6) is 2.35. The fraction of sp³-hybridized carbons (Fsp3) is 0.421. The lowest BCUT2D eigenvalue weighted by Crippen LogP contribution is -2.25. The topological polar surface area (TPSA) is 68.5 Å². The first-order chi connectivity index (χ1) is 13.7. The van der Waals surface area contributed by atoms with Crippen LogP contribution >= 0.6 is 11.5 Å². The van der Waals surface area contributed by atoms with Crippen molar-refractivity contribution < 1.29 is 9.47 Å². The molecule has 0 saturated heterocycles. The summed E-state index contributed by atoms with van der Waals surface area (Å²) < 4.78 is 17.5. The minimum atomic E-state index is 0.618. The van der Waals surface area contributed by atoms with Crippen LogP contribution in [-0.4, -0.2) is 64.2 Å². The summed E-state index contributed by atoms with van der Waals surface area (Å²) in [4.78, 5) is 13.1. The van der Waals surface area contributed by atoms with E-state index in [1.807, 2.05) is 16.8 Å². The summed E-state index contributed by atoms with van der Waals surface area (Å²) in [6, 6.07) is 6.18. The quantitative estimate of drug-likeness (QED) is 0.575. The molecule has 8 nitrogen and oxygen atoms in total. The minimum absolute atomic E-state index is 0.618. The molecule has 3 heterocycles. The molecule has 0 fully saturated rings. The summed E-state index contributed by atoms with van der Waals surface area (Å²) in [6.07, 6.45) is 6.32. The number of nitrogens with zero attached hydrogens (tertiary/aromatic N) is 6. The monoisotopic (exact) mass is 400 g/mol. The molecule has 0 aliphatic carbocycles. The van der Waals surface area contributed by atoms with Crippen molar-refractivity contribution in [3.63, 3.8) is 0 Å². The second-order valence-electron chi connectivity index (χ2n) is 6.84. The third-order valence-corrected chi connectivity index (χ3v) is 5.38. The molecule has 4 rings (SSSR count). The van der Waals surface area contributed by atoms with E-state index in [9.17, 15) is 0 Å². The van der Waals surface area contributed by atoms with Gasteiger partial charge in [0.25, 0.3) is 0 Å². The number of anilines is 1. The first-order valence-corrected chi connectivity index (χ1v) is 10.1. The van der Waals surface area contributed by atoms with Gasteiger partial charge in [-0.2, -0.15) is 9.36 Å². The van der Waals surface area contributed by atoms with Crippen LogP contribution in [0.3, 0.4) is 0 Å². The molecule has 1 aliphatic rings. The molecule has 9 heteroatoms. The van der Waals surface area contributed by atoms with Crippen LogP contribution in [0.15, 0.2) is 36.9 Å². The molecule has 3 aromatic rings. The highest BCUT2D eigenvalue weighted by Gasteiger charge is 2.13. The molecule has 0 saturated carbocycles. The van der Waals surface area contributed by atoms with Crippen LogP contribution < -0.4 is 14.4 Å². The van der Waals surface area contributed by atoms with E-state index in [0.29, 0.717) is 19.2 Å². The van der Waals surface area contributed by atoms with Crippen LogP contribution in [0.2, 0.25) is 0 Å². The molecule has 0 bridgehead atoms. The maximum Gasteiger partial charge on any atom is 0.248 e. The van der Waals surface area contributed by atoms with Crippen molar-refractivity contribution >= 4 is 16.7 Å². The SMILES string of the molecule is CN(CCCN(C)c1nc(-n2ccnc2)ns1)Cc1ccc2c(c1)OCCO2. The van der Waals surface area contributed by atoms with Crippen molar-refractivity contribution in [2.75, 3.05) is 45.3 Å². The van der Waals surface area contributed by atoms with Crippen LogP contribution in [0.5, 0.6) is 11.5 Å². The van der Waals surface area contributed by atoms with Gasteiger partial charge >= 0.3 is 0 Å². The van der Waals surface area contributed by atoms with E-state index in [4.69, 9.17) is 9.47 Å². The number of benzene rings is 1. The molecular formula is C19H24N6O2S. The van der Waals surface area contributed by atoms with E-state index < -0.39 is 0 Å². The third-order valence-electron chi connectivity index (χ3n) is 4.56. The molecule has 0 spiro atoms. The Balaban J connectivity index is 1.24. The highest BCUT2D eigenvalue weighted by molar-refractivity contribution is 7.09. The van der Waals surface area contributed by atoms with Crippen LogP contribution in [0.25, 0.3) is 5.95 Å². The smallest absolute Gasteiger partial charge is 0.248 e. The molecule has 0 unspecified atom stereocenters. The second-order valence-corrected chi connectivity index (χ2v) is 7.57. The minimum Gasteiger partial charge on any atom is -0.486 e. The van der Waals surface area contributed by atoms with Gasteiger partial charge in [0.05, 0.1) is 0 Å². The molecule has 0 N–H and O–H groups in total. The Hall–Kier alpha value is -2.65. The van der Waals surface area contributed by atoms with Crippen molar-refractivity contribution in [1.82, 2.24) is 23.8 Å². The molecule has 0 atom stereocenters. The zero-order valence-corrected chi connectivity index (χ0v) is 16.9. The lowest BCUT2D eigenvalue weighted by molar-refractivity contribution is 0.171. The van der Waals surface area contributed by atoms with Crippen molar-refractivity contribution in [3.05, 3.63) is 42.5 Å². The Morgan fingerprint density at radius 3 is 2.82 bits per heavy atom. The summed E-state index contributed by atoms with van der Waals surface area (Å²) >= 11 is 1.41. The van der Waals surface area contributed by atoms with Gasteiger partial charge in [-0.3, -0.25) is 4.57 Å². The first-order valence-electron chi connectivity index (χ1n) is 9.29. The predicted octanol–water partition coefficient (Wildman–Crippen LogP) is 2.45. The molecule has 148 valence electrons. The number of fused-ring (bicyclic) bond motifs is 1. The second kappa shape index (κ2) is 8.57. The van der Waals surface area contributed by atoms with E-state index in [2.05, 4.69) is 50.4 Å². The standard InChI is InChI=1S/C19H24N6O2S/c1-23(13-15-4-5-16-17(12-15)27-11-10-26-16)7-3-8-24(2)19-21-18(22-28-19)25-9-6-20-14-25/h4-6,9,12,14H,3,7-8,10-11,13H2,1-2H3. The van der Waals surface area contributed by atoms with Gasteiger partial charge in [0.2, 0.25) is 11.1 Å². The number of imidazole rings is 1. The van der Waals surface area contributed by atoms with Gasteiger partial charge in [-0.05, 0) is 37.7 Å². The Kier molecular flexibility index (Phi) is 5.73. The van der Waals surface area contributed by atoms with Crippen LogP contribution in [-0.2, 0) is 6.54 Å². The molecule has 2 aromatic heterocycles. The molecule has 0 amide bonds. The zero-order chi connectivity index (χ0) is 19.3. The van der Waals surface area contributed by atoms with Gasteiger partial charge in [-0.25, -0.2) is 4.98 Å². The summed E-state index contributed by atoms with van der Waals surface area (Å²) in [6.45, 7) is 4.03. The Morgan fingerprint density at radius 1 is 1.14 bits per heavy atom. The maximum absolute atomic E-state index is 5.67. The van der Waals surface area contributed by atoms with Crippen molar-refractivity contribution in [1.29, 1.82) is 0 Å². The summed E-state index contributed by atoms with van der Waals surface area (Å²) in [5.41, 5.74) is 1.23. The van der Waals surface area contributed by atoms with E-state index in [-0.39, 0.29) is 0 Å². The van der Waals surface area contributed by atoms with E-state index in [1.54, 1.807) is 12.5 Å². The lowest BCUT2D eigenvalue weighted by Gasteiger charge is -2.22. The number of ether oxygens (including phenoxy) is 2. The van der Waals surface area contributed by atoms with Gasteiger partial charge in [-0.1, -0.05) is 6.07 Å². The number of rotatable bonds is 8. The average molecular weight is 401 g/mol. The average Bonchev–Trinajstić information content (AvgIpc) is 3.39. The number of aromatic nitrogens is 4. The molecule has 1 aliphatic heterocycles. The summed E-state index contributed by atoms with van der Waals surface area (Å²) in [5, 5.41) is 0.915. The van der Waals surface area contributed by atoms with Gasteiger partial charge in [0.1, 0.15) is 19.5 Å². The molecule has 0 radical (unpaired) electrons. The molecular weight excluding hydrogens is 376 g/mol. The van der Waals surface area contributed by atoms with Gasteiger partial charge in [0.15, 0.2) is 11.5 Å². The number of hydrogen-bond donors (Lipinski definition) is 0. The van der Waals surface area contributed by atoms with Gasteiger partial charge in [-0.15, -0.1) is 0 Å². The maximum atomic E-state index is 5.67. The highest BCUT2D eigenvalue weighted by atomic mass is 32.1. The van der Waals surface area contributed by atoms with E-state index in [1.165, 1.54) is 17.1 Å². The summed E-state index contributed by atoms with van der Waals surface area (Å²) in [7, 11) is 4.19. The Bertz CT molecular complexity index is 898. The lowest BCUT2D eigenvalue weighted by atomic mass is 10.2. The van der Waals surface area contributed by atoms with Crippen molar-refractivity contribution in [3.8, 4) is 17.4 Å². The zero-order valence-electron chi connectivity index (χ0n) is 16.1. The fourth-order valence-corrected chi connectivity index (χ4v) is 3.75.